The lowest BCUT2D eigenvalue weighted by Crippen LogP contribution is -2.47. The van der Waals surface area contributed by atoms with Crippen molar-refractivity contribution in [2.45, 2.75) is 43.8 Å². The molecule has 0 radical (unpaired) electrons. The van der Waals surface area contributed by atoms with Gasteiger partial charge in [-0.2, -0.15) is 11.8 Å². The van der Waals surface area contributed by atoms with Crippen LogP contribution in [0.2, 0.25) is 0 Å². The van der Waals surface area contributed by atoms with Gasteiger partial charge in [-0.3, -0.25) is 0 Å². The third kappa shape index (κ3) is 2.06. The maximum atomic E-state index is 3.51. The SMILES string of the molecule is C1CC(CSC2C3CC4CC(C3)CC2C4)CN1. The van der Waals surface area contributed by atoms with Gasteiger partial charge in [0.15, 0.2) is 0 Å². The Kier molecular flexibility index (Phi) is 2.92. The summed E-state index contributed by atoms with van der Waals surface area (Å²) in [5.41, 5.74) is 0. The van der Waals surface area contributed by atoms with E-state index in [0.29, 0.717) is 0 Å². The van der Waals surface area contributed by atoms with E-state index in [4.69, 9.17) is 0 Å². The van der Waals surface area contributed by atoms with Crippen LogP contribution in [0.15, 0.2) is 0 Å². The predicted octanol–water partition coefficient (Wildman–Crippen LogP) is 3.15. The fourth-order valence-corrected chi connectivity index (χ4v) is 7.02. The van der Waals surface area contributed by atoms with Crippen LogP contribution >= 0.6 is 11.8 Å². The van der Waals surface area contributed by atoms with Crippen LogP contribution in [-0.2, 0) is 0 Å². The zero-order valence-electron chi connectivity index (χ0n) is 10.7. The Hall–Kier alpha value is 0.310. The van der Waals surface area contributed by atoms with Gasteiger partial charge in [-0.15, -0.1) is 0 Å². The standard InChI is InChI=1S/C15H25NS/c1-2-16-8-10(1)9-17-15-13-4-11-3-12(6-13)7-14(15)5-11/h10-16H,1-9H2. The summed E-state index contributed by atoms with van der Waals surface area (Å²) >= 11 is 2.37. The van der Waals surface area contributed by atoms with Crippen LogP contribution in [0.3, 0.4) is 0 Å². The van der Waals surface area contributed by atoms with Crippen LogP contribution in [0.1, 0.15) is 38.5 Å². The van der Waals surface area contributed by atoms with Gasteiger partial charge >= 0.3 is 0 Å². The molecule has 1 heterocycles. The average Bonchev–Trinajstić information content (AvgIpc) is 2.80. The predicted molar refractivity (Wildman–Crippen MR) is 74.3 cm³/mol. The highest BCUT2D eigenvalue weighted by molar-refractivity contribution is 7.99. The van der Waals surface area contributed by atoms with Gasteiger partial charge in [0.2, 0.25) is 0 Å². The molecule has 17 heavy (non-hydrogen) atoms. The molecule has 2 heteroatoms. The quantitative estimate of drug-likeness (QED) is 0.827. The third-order valence-electron chi connectivity index (χ3n) is 5.83. The molecule has 5 aliphatic rings. The second-order valence-electron chi connectivity index (χ2n) is 7.09. The topological polar surface area (TPSA) is 12.0 Å². The van der Waals surface area contributed by atoms with E-state index in [0.717, 1.165) is 34.8 Å². The van der Waals surface area contributed by atoms with Gasteiger partial charge in [-0.1, -0.05) is 0 Å². The van der Waals surface area contributed by atoms with Crippen LogP contribution in [0.5, 0.6) is 0 Å². The first-order valence-corrected chi connectivity index (χ1v) is 8.75. The van der Waals surface area contributed by atoms with Gasteiger partial charge in [0.05, 0.1) is 0 Å². The first-order valence-electron chi connectivity index (χ1n) is 7.71. The Morgan fingerprint density at radius 3 is 2.24 bits per heavy atom. The summed E-state index contributed by atoms with van der Waals surface area (Å²) in [5.74, 6) is 6.94. The molecular formula is C15H25NS. The number of rotatable bonds is 3. The summed E-state index contributed by atoms with van der Waals surface area (Å²) in [6.45, 7) is 2.56. The lowest BCUT2D eigenvalue weighted by atomic mass is 9.56. The van der Waals surface area contributed by atoms with Gasteiger partial charge in [-0.05, 0) is 87.0 Å². The molecule has 0 aromatic heterocycles. The van der Waals surface area contributed by atoms with Crippen molar-refractivity contribution < 1.29 is 0 Å². The largest absolute Gasteiger partial charge is 0.316 e. The van der Waals surface area contributed by atoms with Crippen molar-refractivity contribution in [2.75, 3.05) is 18.8 Å². The van der Waals surface area contributed by atoms with Crippen LogP contribution < -0.4 is 5.32 Å². The van der Waals surface area contributed by atoms with Crippen LogP contribution in [0.25, 0.3) is 0 Å². The molecular weight excluding hydrogens is 226 g/mol. The van der Waals surface area contributed by atoms with Crippen molar-refractivity contribution in [2.24, 2.45) is 29.6 Å². The number of thioether (sulfide) groups is 1. The van der Waals surface area contributed by atoms with Crippen LogP contribution in [0, 0.1) is 29.6 Å². The fraction of sp³-hybridized carbons (Fsp3) is 1.00. The number of hydrogen-bond acceptors (Lipinski definition) is 2. The summed E-state index contributed by atoms with van der Waals surface area (Å²) < 4.78 is 0. The van der Waals surface area contributed by atoms with Crippen LogP contribution in [0.4, 0.5) is 0 Å². The average molecular weight is 251 g/mol. The molecule has 1 aliphatic heterocycles. The molecule has 0 aromatic rings. The van der Waals surface area contributed by atoms with E-state index in [1.165, 1.54) is 25.3 Å². The van der Waals surface area contributed by atoms with Crippen molar-refractivity contribution in [3.05, 3.63) is 0 Å². The Morgan fingerprint density at radius 1 is 0.941 bits per heavy atom. The highest BCUT2D eigenvalue weighted by Gasteiger charge is 2.48. The molecule has 1 atom stereocenters. The first kappa shape index (κ1) is 11.2. The molecule has 4 bridgehead atoms. The maximum absolute atomic E-state index is 3.51. The fourth-order valence-electron chi connectivity index (χ4n) is 5.25. The monoisotopic (exact) mass is 251 g/mol. The molecule has 1 nitrogen and oxygen atoms in total. The highest BCUT2D eigenvalue weighted by Crippen LogP contribution is 2.57. The molecule has 5 rings (SSSR count). The third-order valence-corrected chi connectivity index (χ3v) is 7.65. The van der Waals surface area contributed by atoms with E-state index in [9.17, 15) is 0 Å². The molecule has 0 amide bonds. The normalized spacial score (nSPS) is 52.2. The maximum Gasteiger partial charge on any atom is 0.0104 e. The van der Waals surface area contributed by atoms with Gasteiger partial charge in [-0.25, -0.2) is 0 Å². The van der Waals surface area contributed by atoms with Gasteiger partial charge < -0.3 is 5.32 Å². The minimum Gasteiger partial charge on any atom is -0.316 e. The highest BCUT2D eigenvalue weighted by atomic mass is 32.2. The minimum atomic E-state index is 0.984. The van der Waals surface area contributed by atoms with Crippen molar-refractivity contribution >= 4 is 11.8 Å². The van der Waals surface area contributed by atoms with E-state index in [1.54, 1.807) is 32.1 Å². The number of nitrogens with one attached hydrogen (secondary N) is 1. The zero-order valence-corrected chi connectivity index (χ0v) is 11.6. The van der Waals surface area contributed by atoms with Crippen molar-refractivity contribution in [1.82, 2.24) is 5.32 Å². The molecule has 96 valence electrons. The first-order chi connectivity index (χ1) is 8.38. The van der Waals surface area contributed by atoms with Gasteiger partial charge in [0, 0.05) is 5.25 Å². The van der Waals surface area contributed by atoms with Crippen molar-refractivity contribution in [3.8, 4) is 0 Å². The second-order valence-corrected chi connectivity index (χ2v) is 8.30. The zero-order chi connectivity index (χ0) is 11.2. The summed E-state index contributed by atoms with van der Waals surface area (Å²) in [7, 11) is 0. The Bertz CT molecular complexity index is 257. The van der Waals surface area contributed by atoms with E-state index < -0.39 is 0 Å². The van der Waals surface area contributed by atoms with Crippen molar-refractivity contribution in [3.63, 3.8) is 0 Å². The molecule has 4 aliphatic carbocycles. The molecule has 4 saturated carbocycles. The molecule has 5 fully saturated rings. The van der Waals surface area contributed by atoms with Gasteiger partial charge in [0.1, 0.15) is 0 Å². The van der Waals surface area contributed by atoms with Crippen molar-refractivity contribution in [1.29, 1.82) is 0 Å². The minimum absolute atomic E-state index is 0.984. The summed E-state index contributed by atoms with van der Waals surface area (Å²) in [6, 6.07) is 0. The second kappa shape index (κ2) is 4.45. The van der Waals surface area contributed by atoms with E-state index in [2.05, 4.69) is 17.1 Å². The molecule has 1 unspecified atom stereocenters. The summed E-state index contributed by atoms with van der Waals surface area (Å²) in [5, 5.41) is 4.57. The van der Waals surface area contributed by atoms with Crippen LogP contribution in [-0.4, -0.2) is 24.1 Å². The lowest BCUT2D eigenvalue weighted by molar-refractivity contribution is 0.0267. The Labute approximate surface area is 109 Å². The summed E-state index contributed by atoms with van der Waals surface area (Å²) in [4.78, 5) is 0. The molecule has 1 N–H and O–H groups in total. The Morgan fingerprint density at radius 2 is 1.65 bits per heavy atom. The van der Waals surface area contributed by atoms with E-state index in [1.807, 2.05) is 0 Å². The smallest absolute Gasteiger partial charge is 0.0104 e. The van der Waals surface area contributed by atoms with E-state index >= 15 is 0 Å². The van der Waals surface area contributed by atoms with E-state index in [-0.39, 0.29) is 0 Å². The lowest BCUT2D eigenvalue weighted by Gasteiger charge is -2.54. The molecule has 1 saturated heterocycles. The molecule has 0 aromatic carbocycles. The molecule has 0 spiro atoms. The number of hydrogen-bond donors (Lipinski definition) is 1. The van der Waals surface area contributed by atoms with Gasteiger partial charge in [0.25, 0.3) is 0 Å². The Balaban J connectivity index is 1.37. The summed E-state index contributed by atoms with van der Waals surface area (Å²) in [6.07, 6.45) is 9.39.